The van der Waals surface area contributed by atoms with Crippen molar-refractivity contribution in [1.29, 1.82) is 0 Å². The van der Waals surface area contributed by atoms with Crippen LogP contribution in [0.5, 0.6) is 0 Å². The lowest BCUT2D eigenvalue weighted by Gasteiger charge is -2.04. The first kappa shape index (κ1) is 14.0. The zero-order chi connectivity index (χ0) is 14.5. The Morgan fingerprint density at radius 3 is 2.60 bits per heavy atom. The zero-order valence-electron chi connectivity index (χ0n) is 11.2. The van der Waals surface area contributed by atoms with Crippen LogP contribution < -0.4 is 5.56 Å². The van der Waals surface area contributed by atoms with Crippen LogP contribution in [0.3, 0.4) is 0 Å². The molecule has 104 valence electrons. The van der Waals surface area contributed by atoms with E-state index in [1.54, 1.807) is 6.07 Å². The number of aromatic nitrogens is 2. The van der Waals surface area contributed by atoms with E-state index in [0.717, 1.165) is 12.0 Å². The molecule has 0 atom stereocenters. The quantitative estimate of drug-likeness (QED) is 0.872. The zero-order valence-corrected chi connectivity index (χ0v) is 11.2. The number of H-pyrrole nitrogens is 1. The third-order valence-electron chi connectivity index (χ3n) is 3.15. The van der Waals surface area contributed by atoms with Crippen LogP contribution in [0.2, 0.25) is 0 Å². The fourth-order valence-electron chi connectivity index (χ4n) is 1.93. The molecule has 0 saturated heterocycles. The molecular weight excluding hydrogens is 256 g/mol. The van der Waals surface area contributed by atoms with Gasteiger partial charge in [0.15, 0.2) is 0 Å². The highest BCUT2D eigenvalue weighted by atomic mass is 16.4. The van der Waals surface area contributed by atoms with E-state index in [-0.39, 0.29) is 18.4 Å². The summed E-state index contributed by atoms with van der Waals surface area (Å²) >= 11 is 0. The molecule has 0 spiro atoms. The highest BCUT2D eigenvalue weighted by Gasteiger charge is 2.07. The maximum Gasteiger partial charge on any atom is 0.303 e. The van der Waals surface area contributed by atoms with Crippen molar-refractivity contribution >= 4 is 5.97 Å². The largest absolute Gasteiger partial charge is 0.481 e. The van der Waals surface area contributed by atoms with Gasteiger partial charge in [-0.05, 0) is 24.5 Å². The number of carboxylic acids is 1. The maximum absolute atomic E-state index is 11.6. The predicted molar refractivity (Wildman–Crippen MR) is 75.6 cm³/mol. The summed E-state index contributed by atoms with van der Waals surface area (Å²) in [4.78, 5) is 22.2. The van der Waals surface area contributed by atoms with Gasteiger partial charge >= 0.3 is 5.97 Å². The molecule has 0 radical (unpaired) electrons. The minimum atomic E-state index is -0.921. The van der Waals surface area contributed by atoms with Crippen molar-refractivity contribution in [2.24, 2.45) is 0 Å². The number of hydrogen-bond acceptors (Lipinski definition) is 3. The van der Waals surface area contributed by atoms with Crippen molar-refractivity contribution in [2.45, 2.75) is 26.2 Å². The molecule has 0 aliphatic heterocycles. The molecule has 1 aromatic heterocycles. The summed E-state index contributed by atoms with van der Waals surface area (Å²) in [6.45, 7) is 2.08. The summed E-state index contributed by atoms with van der Waals surface area (Å²) in [5.74, 6) is -0.921. The second kappa shape index (κ2) is 6.14. The van der Waals surface area contributed by atoms with Gasteiger partial charge in [-0.2, -0.15) is 5.10 Å². The van der Waals surface area contributed by atoms with Crippen molar-refractivity contribution in [3.05, 3.63) is 51.8 Å². The van der Waals surface area contributed by atoms with E-state index in [9.17, 15) is 9.59 Å². The van der Waals surface area contributed by atoms with Crippen LogP contribution in [0.15, 0.2) is 35.1 Å². The fraction of sp³-hybridized carbons (Fsp3) is 0.267. The summed E-state index contributed by atoms with van der Waals surface area (Å²) in [7, 11) is 0. The van der Waals surface area contributed by atoms with Crippen LogP contribution in [0, 0.1) is 0 Å². The molecule has 0 saturated carbocycles. The molecule has 0 aliphatic carbocycles. The first-order chi connectivity index (χ1) is 9.60. The van der Waals surface area contributed by atoms with Crippen LogP contribution in [-0.2, 0) is 17.6 Å². The Balaban J connectivity index is 2.29. The van der Waals surface area contributed by atoms with E-state index in [2.05, 4.69) is 17.1 Å². The number of hydrogen-bond donors (Lipinski definition) is 2. The minimum absolute atomic E-state index is 0.0681. The Bertz CT molecular complexity index is 660. The molecule has 0 unspecified atom stereocenters. The van der Waals surface area contributed by atoms with Crippen molar-refractivity contribution in [2.75, 3.05) is 0 Å². The van der Waals surface area contributed by atoms with Crippen LogP contribution in [-0.4, -0.2) is 21.3 Å². The van der Waals surface area contributed by atoms with Gasteiger partial charge < -0.3 is 5.11 Å². The number of aryl methyl sites for hydroxylation is 2. The lowest BCUT2D eigenvalue weighted by Crippen LogP contribution is -2.15. The fourth-order valence-corrected chi connectivity index (χ4v) is 1.93. The van der Waals surface area contributed by atoms with Gasteiger partial charge in [0.2, 0.25) is 0 Å². The van der Waals surface area contributed by atoms with Crippen LogP contribution in [0.25, 0.3) is 11.3 Å². The van der Waals surface area contributed by atoms with E-state index < -0.39 is 5.97 Å². The number of nitrogens with zero attached hydrogens (tertiary/aromatic N) is 1. The number of benzene rings is 1. The van der Waals surface area contributed by atoms with E-state index in [4.69, 9.17) is 5.11 Å². The number of rotatable bonds is 5. The first-order valence-electron chi connectivity index (χ1n) is 6.50. The van der Waals surface area contributed by atoms with Crippen molar-refractivity contribution in [1.82, 2.24) is 10.2 Å². The number of carbonyl (C=O) groups is 1. The van der Waals surface area contributed by atoms with Gasteiger partial charge in [-0.1, -0.05) is 31.2 Å². The Labute approximate surface area is 116 Å². The Hall–Kier alpha value is -2.43. The van der Waals surface area contributed by atoms with Crippen molar-refractivity contribution in [3.63, 3.8) is 0 Å². The lowest BCUT2D eigenvalue weighted by molar-refractivity contribution is -0.136. The molecule has 0 fully saturated rings. The molecule has 0 amide bonds. The summed E-state index contributed by atoms with van der Waals surface area (Å²) < 4.78 is 0. The minimum Gasteiger partial charge on any atom is -0.481 e. The second-order valence-electron chi connectivity index (χ2n) is 4.55. The van der Waals surface area contributed by atoms with Crippen LogP contribution >= 0.6 is 0 Å². The Morgan fingerprint density at radius 1 is 1.30 bits per heavy atom. The van der Waals surface area contributed by atoms with E-state index in [1.807, 2.05) is 24.3 Å². The number of nitrogens with one attached hydrogen (secondary N) is 1. The summed E-state index contributed by atoms with van der Waals surface area (Å²) in [6.07, 6.45) is 1.09. The number of aromatic amines is 1. The SMILES string of the molecule is CCc1ccc(-c2cc(CCC(=O)O)c(=O)[nH]n2)cc1. The van der Waals surface area contributed by atoms with E-state index in [0.29, 0.717) is 11.3 Å². The van der Waals surface area contributed by atoms with Gasteiger partial charge in [0.25, 0.3) is 5.56 Å². The standard InChI is InChI=1S/C15H16N2O3/c1-2-10-3-5-11(6-4-10)13-9-12(7-8-14(18)19)15(20)17-16-13/h3-6,9H,2,7-8H2,1H3,(H,17,20)(H,18,19). The van der Waals surface area contributed by atoms with Gasteiger partial charge in [0.05, 0.1) is 5.69 Å². The second-order valence-corrected chi connectivity index (χ2v) is 4.55. The first-order valence-corrected chi connectivity index (χ1v) is 6.50. The van der Waals surface area contributed by atoms with Gasteiger partial charge in [0.1, 0.15) is 0 Å². The van der Waals surface area contributed by atoms with Crippen molar-refractivity contribution in [3.8, 4) is 11.3 Å². The monoisotopic (exact) mass is 272 g/mol. The van der Waals surface area contributed by atoms with Gasteiger partial charge in [-0.15, -0.1) is 0 Å². The predicted octanol–water partition coefficient (Wildman–Crippen LogP) is 2.02. The molecule has 5 nitrogen and oxygen atoms in total. The molecule has 2 aromatic rings. The van der Waals surface area contributed by atoms with Gasteiger partial charge in [-0.25, -0.2) is 5.10 Å². The molecule has 20 heavy (non-hydrogen) atoms. The van der Waals surface area contributed by atoms with Crippen LogP contribution in [0.1, 0.15) is 24.5 Å². The van der Waals surface area contributed by atoms with Crippen LogP contribution in [0.4, 0.5) is 0 Å². The van der Waals surface area contributed by atoms with Crippen molar-refractivity contribution < 1.29 is 9.90 Å². The molecule has 2 rings (SSSR count). The topological polar surface area (TPSA) is 83.0 Å². The molecule has 2 N–H and O–H groups in total. The van der Waals surface area contributed by atoms with Gasteiger partial charge in [0, 0.05) is 17.5 Å². The molecule has 1 heterocycles. The summed E-state index contributed by atoms with van der Waals surface area (Å²) in [6, 6.07) is 9.57. The highest BCUT2D eigenvalue weighted by molar-refractivity contribution is 5.67. The average Bonchev–Trinajstić information content (AvgIpc) is 2.46. The molecule has 1 aromatic carbocycles. The number of aliphatic carboxylic acids is 1. The number of carboxylic acid groups (broad SMARTS) is 1. The third-order valence-corrected chi connectivity index (χ3v) is 3.15. The maximum atomic E-state index is 11.6. The molecule has 0 aliphatic rings. The molecule has 0 bridgehead atoms. The highest BCUT2D eigenvalue weighted by Crippen LogP contribution is 2.17. The molecular formula is C15H16N2O3. The normalized spacial score (nSPS) is 10.4. The smallest absolute Gasteiger partial charge is 0.303 e. The average molecular weight is 272 g/mol. The van der Waals surface area contributed by atoms with E-state index >= 15 is 0 Å². The lowest BCUT2D eigenvalue weighted by atomic mass is 10.1. The Kier molecular flexibility index (Phi) is 4.30. The summed E-state index contributed by atoms with van der Waals surface area (Å²) in [5.41, 5.74) is 2.88. The molecule has 5 heteroatoms. The third kappa shape index (κ3) is 3.32. The summed E-state index contributed by atoms with van der Waals surface area (Å²) in [5, 5.41) is 15.1. The van der Waals surface area contributed by atoms with Gasteiger partial charge in [-0.3, -0.25) is 9.59 Å². The van der Waals surface area contributed by atoms with E-state index in [1.165, 1.54) is 5.56 Å². The Morgan fingerprint density at radius 2 is 2.00 bits per heavy atom.